The fraction of sp³-hybridized carbons (Fsp3) is 0.267. The molecule has 94 valence electrons. The Bertz CT molecular complexity index is 663. The Morgan fingerprint density at radius 3 is 2.56 bits per heavy atom. The highest BCUT2D eigenvalue weighted by Crippen LogP contribution is 2.29. The van der Waals surface area contributed by atoms with Gasteiger partial charge in [0.1, 0.15) is 0 Å². The summed E-state index contributed by atoms with van der Waals surface area (Å²) in [6.07, 6.45) is 2.84. The van der Waals surface area contributed by atoms with Crippen molar-refractivity contribution >= 4 is 22.9 Å². The van der Waals surface area contributed by atoms with Crippen LogP contribution in [0, 0.1) is 20.8 Å². The molecule has 3 heteroatoms. The Kier molecular flexibility index (Phi) is 2.99. The number of benzene rings is 1. The van der Waals surface area contributed by atoms with E-state index in [9.17, 15) is 4.79 Å². The third-order valence-corrected chi connectivity index (χ3v) is 3.32. The van der Waals surface area contributed by atoms with E-state index < -0.39 is 5.97 Å². The van der Waals surface area contributed by atoms with E-state index in [2.05, 4.69) is 26.0 Å². The SMILES string of the molecule is Cc1cc(C)c2c(C)c(/C=C/C(=O)O)n(C)c2c1. The van der Waals surface area contributed by atoms with Gasteiger partial charge < -0.3 is 9.67 Å². The molecule has 2 aromatic rings. The Morgan fingerprint density at radius 1 is 1.28 bits per heavy atom. The van der Waals surface area contributed by atoms with Gasteiger partial charge in [0.05, 0.1) is 0 Å². The highest BCUT2D eigenvalue weighted by Gasteiger charge is 2.12. The van der Waals surface area contributed by atoms with E-state index in [0.29, 0.717) is 0 Å². The number of rotatable bonds is 2. The molecule has 1 N–H and O–H groups in total. The van der Waals surface area contributed by atoms with E-state index in [1.165, 1.54) is 22.6 Å². The molecule has 3 nitrogen and oxygen atoms in total. The van der Waals surface area contributed by atoms with Crippen LogP contribution in [0.4, 0.5) is 0 Å². The first kappa shape index (κ1) is 12.4. The molecular weight excluding hydrogens is 226 g/mol. The molecule has 0 bridgehead atoms. The van der Waals surface area contributed by atoms with Crippen LogP contribution in [0.15, 0.2) is 18.2 Å². The van der Waals surface area contributed by atoms with Gasteiger partial charge in [-0.05, 0) is 49.6 Å². The van der Waals surface area contributed by atoms with Crippen LogP contribution < -0.4 is 0 Å². The van der Waals surface area contributed by atoms with Crippen molar-refractivity contribution in [2.75, 3.05) is 0 Å². The quantitative estimate of drug-likeness (QED) is 0.823. The largest absolute Gasteiger partial charge is 0.478 e. The van der Waals surface area contributed by atoms with Crippen LogP contribution in [0.1, 0.15) is 22.4 Å². The lowest BCUT2D eigenvalue weighted by atomic mass is 10.0. The molecule has 0 atom stereocenters. The van der Waals surface area contributed by atoms with E-state index in [4.69, 9.17) is 5.11 Å². The zero-order valence-corrected chi connectivity index (χ0v) is 11.1. The van der Waals surface area contributed by atoms with Crippen molar-refractivity contribution in [2.45, 2.75) is 20.8 Å². The van der Waals surface area contributed by atoms with Gasteiger partial charge in [-0.2, -0.15) is 0 Å². The zero-order chi connectivity index (χ0) is 13.4. The van der Waals surface area contributed by atoms with Crippen LogP contribution in [-0.4, -0.2) is 15.6 Å². The van der Waals surface area contributed by atoms with E-state index in [1.54, 1.807) is 6.08 Å². The number of fused-ring (bicyclic) bond motifs is 1. The van der Waals surface area contributed by atoms with Crippen molar-refractivity contribution in [1.29, 1.82) is 0 Å². The van der Waals surface area contributed by atoms with Gasteiger partial charge >= 0.3 is 5.97 Å². The van der Waals surface area contributed by atoms with E-state index in [-0.39, 0.29) is 0 Å². The predicted octanol–water partition coefficient (Wildman–Crippen LogP) is 3.20. The number of carboxylic acid groups (broad SMARTS) is 1. The van der Waals surface area contributed by atoms with Gasteiger partial charge in [-0.15, -0.1) is 0 Å². The smallest absolute Gasteiger partial charge is 0.328 e. The summed E-state index contributed by atoms with van der Waals surface area (Å²) >= 11 is 0. The number of carbonyl (C=O) groups is 1. The minimum atomic E-state index is -0.924. The molecule has 1 heterocycles. The highest BCUT2D eigenvalue weighted by atomic mass is 16.4. The number of nitrogens with zero attached hydrogens (tertiary/aromatic N) is 1. The molecule has 1 aromatic carbocycles. The second-order valence-corrected chi connectivity index (χ2v) is 4.72. The van der Waals surface area contributed by atoms with Crippen LogP contribution in [0.2, 0.25) is 0 Å². The Labute approximate surface area is 106 Å². The molecule has 0 saturated carbocycles. The Hall–Kier alpha value is -2.03. The molecule has 0 saturated heterocycles. The minimum absolute atomic E-state index is 0.924. The van der Waals surface area contributed by atoms with E-state index in [1.807, 2.05) is 18.5 Å². The van der Waals surface area contributed by atoms with Crippen LogP contribution in [0.5, 0.6) is 0 Å². The molecule has 1 aromatic heterocycles. The first-order valence-electron chi connectivity index (χ1n) is 5.89. The topological polar surface area (TPSA) is 42.2 Å². The zero-order valence-electron chi connectivity index (χ0n) is 11.1. The van der Waals surface area contributed by atoms with Crippen LogP contribution in [0.25, 0.3) is 17.0 Å². The van der Waals surface area contributed by atoms with Gasteiger partial charge in [0.25, 0.3) is 0 Å². The summed E-state index contributed by atoms with van der Waals surface area (Å²) in [6.45, 7) is 6.20. The number of hydrogen-bond donors (Lipinski definition) is 1. The summed E-state index contributed by atoms with van der Waals surface area (Å²) in [5.74, 6) is -0.924. The van der Waals surface area contributed by atoms with Crippen molar-refractivity contribution < 1.29 is 9.90 Å². The monoisotopic (exact) mass is 243 g/mol. The second kappa shape index (κ2) is 4.33. The van der Waals surface area contributed by atoms with Gasteiger partial charge in [0.15, 0.2) is 0 Å². The van der Waals surface area contributed by atoms with Crippen LogP contribution >= 0.6 is 0 Å². The highest BCUT2D eigenvalue weighted by molar-refractivity contribution is 5.93. The third-order valence-electron chi connectivity index (χ3n) is 3.32. The third kappa shape index (κ3) is 1.92. The van der Waals surface area contributed by atoms with Crippen molar-refractivity contribution in [3.05, 3.63) is 40.6 Å². The molecule has 0 spiro atoms. The number of carboxylic acids is 1. The summed E-state index contributed by atoms with van der Waals surface area (Å²) in [5, 5.41) is 9.95. The van der Waals surface area contributed by atoms with Crippen LogP contribution in [-0.2, 0) is 11.8 Å². The van der Waals surface area contributed by atoms with Gasteiger partial charge in [0, 0.05) is 29.7 Å². The normalized spacial score (nSPS) is 11.6. The number of hydrogen-bond acceptors (Lipinski definition) is 1. The second-order valence-electron chi connectivity index (χ2n) is 4.72. The number of aryl methyl sites for hydroxylation is 4. The molecule has 0 fully saturated rings. The van der Waals surface area contributed by atoms with Crippen LogP contribution in [0.3, 0.4) is 0 Å². The van der Waals surface area contributed by atoms with Gasteiger partial charge in [0.2, 0.25) is 0 Å². The lowest BCUT2D eigenvalue weighted by Crippen LogP contribution is -1.93. The Balaban J connectivity index is 2.77. The summed E-state index contributed by atoms with van der Waals surface area (Å²) in [5.41, 5.74) is 5.67. The number of aromatic nitrogens is 1. The van der Waals surface area contributed by atoms with Gasteiger partial charge in [-0.25, -0.2) is 4.79 Å². The van der Waals surface area contributed by atoms with Gasteiger partial charge in [-0.1, -0.05) is 6.07 Å². The first-order valence-corrected chi connectivity index (χ1v) is 5.89. The van der Waals surface area contributed by atoms with Gasteiger partial charge in [-0.3, -0.25) is 0 Å². The maximum atomic E-state index is 10.6. The van der Waals surface area contributed by atoms with Crippen molar-refractivity contribution in [1.82, 2.24) is 4.57 Å². The molecule has 0 aliphatic rings. The number of aliphatic carboxylic acids is 1. The lowest BCUT2D eigenvalue weighted by molar-refractivity contribution is -0.131. The predicted molar refractivity (Wildman–Crippen MR) is 73.8 cm³/mol. The molecule has 0 amide bonds. The summed E-state index contributed by atoms with van der Waals surface area (Å²) < 4.78 is 2.05. The van der Waals surface area contributed by atoms with Crippen molar-refractivity contribution in [2.24, 2.45) is 7.05 Å². The minimum Gasteiger partial charge on any atom is -0.478 e. The molecule has 18 heavy (non-hydrogen) atoms. The van der Waals surface area contributed by atoms with Crippen molar-refractivity contribution in [3.8, 4) is 0 Å². The average Bonchev–Trinajstić information content (AvgIpc) is 2.49. The molecule has 0 aliphatic carbocycles. The Morgan fingerprint density at radius 2 is 1.94 bits per heavy atom. The summed E-state index contributed by atoms with van der Waals surface area (Å²) in [7, 11) is 1.97. The van der Waals surface area contributed by atoms with Crippen molar-refractivity contribution in [3.63, 3.8) is 0 Å². The summed E-state index contributed by atoms with van der Waals surface area (Å²) in [4.78, 5) is 10.6. The summed E-state index contributed by atoms with van der Waals surface area (Å²) in [6, 6.07) is 4.29. The molecule has 0 aliphatic heterocycles. The lowest BCUT2D eigenvalue weighted by Gasteiger charge is -2.02. The first-order chi connectivity index (χ1) is 8.41. The molecular formula is C15H17NO2. The van der Waals surface area contributed by atoms with E-state index in [0.717, 1.165) is 16.8 Å². The average molecular weight is 243 g/mol. The molecule has 0 unspecified atom stereocenters. The maximum Gasteiger partial charge on any atom is 0.328 e. The molecule has 0 radical (unpaired) electrons. The van der Waals surface area contributed by atoms with E-state index >= 15 is 0 Å². The fourth-order valence-corrected chi connectivity index (χ4v) is 2.59. The molecule has 2 rings (SSSR count). The standard InChI is InChI=1S/C15H17NO2/c1-9-7-10(2)15-11(3)12(5-6-14(17)18)16(4)13(15)8-9/h5-8H,1-4H3,(H,17,18)/b6-5+. The maximum absolute atomic E-state index is 10.6. The fourth-order valence-electron chi connectivity index (χ4n) is 2.59.